The molecular weight excluding hydrogens is 298 g/mol. The van der Waals surface area contributed by atoms with Gasteiger partial charge in [0.05, 0.1) is 0 Å². The van der Waals surface area contributed by atoms with Crippen LogP contribution in [0, 0.1) is 6.92 Å². The lowest BCUT2D eigenvalue weighted by Gasteiger charge is -2.28. The van der Waals surface area contributed by atoms with Crippen molar-refractivity contribution in [1.29, 1.82) is 0 Å². The zero-order valence-electron chi connectivity index (χ0n) is 15.3. The summed E-state index contributed by atoms with van der Waals surface area (Å²) in [5, 5.41) is 3.16. The predicted molar refractivity (Wildman–Crippen MR) is 98.4 cm³/mol. The molecule has 132 valence electrons. The molecule has 2 saturated heterocycles. The second-order valence-corrected chi connectivity index (χ2v) is 8.04. The minimum atomic E-state index is -0.0581. The fraction of sp³-hybridized carbons (Fsp3) is 0.650. The molecule has 1 aromatic carbocycles. The lowest BCUT2D eigenvalue weighted by molar-refractivity contribution is 0.196. The molecule has 2 aliphatic heterocycles. The number of amides is 2. The van der Waals surface area contributed by atoms with Gasteiger partial charge in [-0.2, -0.15) is 0 Å². The Morgan fingerprint density at radius 2 is 1.83 bits per heavy atom. The van der Waals surface area contributed by atoms with Gasteiger partial charge in [-0.15, -0.1) is 0 Å². The fourth-order valence-corrected chi connectivity index (χ4v) is 3.85. The van der Waals surface area contributed by atoms with Gasteiger partial charge >= 0.3 is 6.03 Å². The van der Waals surface area contributed by atoms with Gasteiger partial charge in [0.1, 0.15) is 0 Å². The molecule has 1 aromatic rings. The Hall–Kier alpha value is -1.55. The van der Waals surface area contributed by atoms with Crippen molar-refractivity contribution in [3.05, 3.63) is 35.4 Å². The van der Waals surface area contributed by atoms with Crippen molar-refractivity contribution in [2.45, 2.75) is 51.5 Å². The van der Waals surface area contributed by atoms with Crippen molar-refractivity contribution < 1.29 is 4.79 Å². The van der Waals surface area contributed by atoms with Crippen molar-refractivity contribution in [3.8, 4) is 0 Å². The average Bonchev–Trinajstić information content (AvgIpc) is 3.24. The SMILES string of the molecule is Cc1ccc(C(C)(C)CNC(=O)N2CCC(N3CCCC3)C2)cc1. The quantitative estimate of drug-likeness (QED) is 0.921. The van der Waals surface area contributed by atoms with E-state index < -0.39 is 0 Å². The van der Waals surface area contributed by atoms with Crippen molar-refractivity contribution in [3.63, 3.8) is 0 Å². The minimum Gasteiger partial charge on any atom is -0.337 e. The molecule has 0 bridgehead atoms. The van der Waals surface area contributed by atoms with E-state index in [-0.39, 0.29) is 11.4 Å². The number of hydrogen-bond donors (Lipinski definition) is 1. The molecule has 2 aliphatic rings. The maximum Gasteiger partial charge on any atom is 0.317 e. The van der Waals surface area contributed by atoms with Gasteiger partial charge < -0.3 is 10.2 Å². The Morgan fingerprint density at radius 1 is 1.17 bits per heavy atom. The summed E-state index contributed by atoms with van der Waals surface area (Å²) in [5.41, 5.74) is 2.48. The summed E-state index contributed by atoms with van der Waals surface area (Å²) in [6, 6.07) is 9.28. The van der Waals surface area contributed by atoms with Crippen LogP contribution in [0.3, 0.4) is 0 Å². The van der Waals surface area contributed by atoms with E-state index in [9.17, 15) is 4.79 Å². The van der Waals surface area contributed by atoms with Gasteiger partial charge in [0.25, 0.3) is 0 Å². The molecule has 1 atom stereocenters. The van der Waals surface area contributed by atoms with E-state index in [0.717, 1.165) is 19.5 Å². The molecule has 0 saturated carbocycles. The zero-order valence-corrected chi connectivity index (χ0v) is 15.3. The van der Waals surface area contributed by atoms with Crippen LogP contribution in [0.4, 0.5) is 4.79 Å². The second-order valence-electron chi connectivity index (χ2n) is 8.04. The Bertz CT molecular complexity index is 561. The average molecular weight is 329 g/mol. The van der Waals surface area contributed by atoms with Crippen LogP contribution in [0.25, 0.3) is 0 Å². The number of carbonyl (C=O) groups excluding carboxylic acids is 1. The molecule has 2 amide bonds. The number of aryl methyl sites for hydroxylation is 1. The molecule has 0 aliphatic carbocycles. The van der Waals surface area contributed by atoms with Crippen LogP contribution < -0.4 is 5.32 Å². The summed E-state index contributed by atoms with van der Waals surface area (Å²) in [6.45, 7) is 11.3. The number of benzene rings is 1. The molecule has 2 fully saturated rings. The molecule has 0 radical (unpaired) electrons. The van der Waals surface area contributed by atoms with Crippen LogP contribution in [-0.4, -0.2) is 54.6 Å². The lowest BCUT2D eigenvalue weighted by Crippen LogP contribution is -2.45. The smallest absolute Gasteiger partial charge is 0.317 e. The van der Waals surface area contributed by atoms with Gasteiger partial charge in [-0.3, -0.25) is 4.90 Å². The number of urea groups is 1. The molecule has 24 heavy (non-hydrogen) atoms. The van der Waals surface area contributed by atoms with Crippen molar-refractivity contribution in [2.75, 3.05) is 32.7 Å². The van der Waals surface area contributed by atoms with E-state index in [4.69, 9.17) is 0 Å². The first-order valence-electron chi connectivity index (χ1n) is 9.30. The number of nitrogens with zero attached hydrogens (tertiary/aromatic N) is 2. The standard InChI is InChI=1S/C20H31N3O/c1-16-6-8-17(9-7-16)20(2,3)15-21-19(24)23-13-10-18(14-23)22-11-4-5-12-22/h6-9,18H,4-5,10-15H2,1-3H3,(H,21,24). The van der Waals surface area contributed by atoms with E-state index in [1.54, 1.807) is 0 Å². The van der Waals surface area contributed by atoms with Gasteiger partial charge in [-0.25, -0.2) is 4.79 Å². The van der Waals surface area contributed by atoms with Crippen LogP contribution in [0.5, 0.6) is 0 Å². The van der Waals surface area contributed by atoms with Gasteiger partial charge in [0.2, 0.25) is 0 Å². The maximum absolute atomic E-state index is 12.5. The molecule has 3 rings (SSSR count). The fourth-order valence-electron chi connectivity index (χ4n) is 3.85. The summed E-state index contributed by atoms with van der Waals surface area (Å²) < 4.78 is 0. The number of hydrogen-bond acceptors (Lipinski definition) is 2. The first-order valence-corrected chi connectivity index (χ1v) is 9.30. The summed E-state index contributed by atoms with van der Waals surface area (Å²) in [4.78, 5) is 17.1. The second kappa shape index (κ2) is 7.14. The maximum atomic E-state index is 12.5. The van der Waals surface area contributed by atoms with Crippen LogP contribution in [0.15, 0.2) is 24.3 Å². The third-order valence-corrected chi connectivity index (χ3v) is 5.62. The van der Waals surface area contributed by atoms with Gasteiger partial charge in [-0.1, -0.05) is 43.7 Å². The normalized spacial score (nSPS) is 22.1. The third-order valence-electron chi connectivity index (χ3n) is 5.62. The molecule has 4 heteroatoms. The van der Waals surface area contributed by atoms with E-state index in [2.05, 4.69) is 55.3 Å². The third kappa shape index (κ3) is 3.92. The van der Waals surface area contributed by atoms with E-state index in [1.807, 2.05) is 4.90 Å². The summed E-state index contributed by atoms with van der Waals surface area (Å²) in [6.07, 6.45) is 3.75. The highest BCUT2D eigenvalue weighted by Crippen LogP contribution is 2.23. The summed E-state index contributed by atoms with van der Waals surface area (Å²) in [5.74, 6) is 0. The monoisotopic (exact) mass is 329 g/mol. The molecule has 0 aromatic heterocycles. The van der Waals surface area contributed by atoms with Crippen molar-refractivity contribution >= 4 is 6.03 Å². The van der Waals surface area contributed by atoms with Gasteiger partial charge in [0.15, 0.2) is 0 Å². The predicted octanol–water partition coefficient (Wildman–Crippen LogP) is 3.15. The number of likely N-dealkylation sites (tertiary alicyclic amines) is 2. The van der Waals surface area contributed by atoms with Crippen LogP contribution in [0.2, 0.25) is 0 Å². The molecule has 0 spiro atoms. The number of carbonyl (C=O) groups is 1. The van der Waals surface area contributed by atoms with E-state index >= 15 is 0 Å². The summed E-state index contributed by atoms with van der Waals surface area (Å²) in [7, 11) is 0. The van der Waals surface area contributed by atoms with E-state index in [0.29, 0.717) is 12.6 Å². The molecule has 1 unspecified atom stereocenters. The Kier molecular flexibility index (Phi) is 5.14. The zero-order chi connectivity index (χ0) is 17.2. The van der Waals surface area contributed by atoms with Gasteiger partial charge in [-0.05, 0) is 44.8 Å². The van der Waals surface area contributed by atoms with E-state index in [1.165, 1.54) is 37.1 Å². The minimum absolute atomic E-state index is 0.0581. The molecular formula is C20H31N3O. The van der Waals surface area contributed by atoms with Crippen molar-refractivity contribution in [1.82, 2.24) is 15.1 Å². The number of rotatable bonds is 4. The Morgan fingerprint density at radius 3 is 2.50 bits per heavy atom. The van der Waals surface area contributed by atoms with Crippen molar-refractivity contribution in [2.24, 2.45) is 0 Å². The highest BCUT2D eigenvalue weighted by Gasteiger charge is 2.32. The van der Waals surface area contributed by atoms with Gasteiger partial charge in [0, 0.05) is 31.1 Å². The Labute approximate surface area is 146 Å². The van der Waals surface area contributed by atoms with Crippen LogP contribution in [0.1, 0.15) is 44.2 Å². The lowest BCUT2D eigenvalue weighted by atomic mass is 9.84. The Balaban J connectivity index is 1.50. The van der Waals surface area contributed by atoms with Crippen LogP contribution >= 0.6 is 0 Å². The van der Waals surface area contributed by atoms with Crippen LogP contribution in [-0.2, 0) is 5.41 Å². The highest BCUT2D eigenvalue weighted by molar-refractivity contribution is 5.74. The molecule has 1 N–H and O–H groups in total. The number of nitrogens with one attached hydrogen (secondary N) is 1. The molecule has 4 nitrogen and oxygen atoms in total. The first-order chi connectivity index (χ1) is 11.5. The summed E-state index contributed by atoms with van der Waals surface area (Å²) >= 11 is 0. The molecule has 2 heterocycles. The topological polar surface area (TPSA) is 35.6 Å². The first kappa shape index (κ1) is 17.3. The largest absolute Gasteiger partial charge is 0.337 e. The highest BCUT2D eigenvalue weighted by atomic mass is 16.2.